The first kappa shape index (κ1) is 6.03. The Morgan fingerprint density at radius 2 is 2.27 bits per heavy atom. The van der Waals surface area contributed by atoms with Crippen LogP contribution in [0.25, 0.3) is 11.0 Å². The summed E-state index contributed by atoms with van der Waals surface area (Å²) >= 11 is 0. The van der Waals surface area contributed by atoms with Gasteiger partial charge in [0.2, 0.25) is 0 Å². The van der Waals surface area contributed by atoms with Crippen LogP contribution in [0.2, 0.25) is 0 Å². The summed E-state index contributed by atoms with van der Waals surface area (Å²) in [6.07, 6.45) is 1.34. The van der Waals surface area contributed by atoms with E-state index in [0.717, 1.165) is 4.73 Å². The maximum absolute atomic E-state index is 9.12. The molecule has 4 nitrogen and oxygen atoms in total. The topological polar surface area (TPSA) is 64.1 Å². The molecule has 0 fully saturated rings. The molecule has 0 aliphatic rings. The normalized spacial score (nSPS) is 10.5. The molecule has 0 amide bonds. The Balaban J connectivity index is 2.86. The Bertz CT molecular complexity index is 393. The van der Waals surface area contributed by atoms with E-state index in [1.807, 2.05) is 0 Å². The van der Waals surface area contributed by atoms with Gasteiger partial charge in [0.05, 0.1) is 5.52 Å². The summed E-state index contributed by atoms with van der Waals surface area (Å²) in [6.45, 7) is 0. The second-order valence-electron chi connectivity index (χ2n) is 2.34. The molecule has 1 aromatic heterocycles. The molecule has 1 aromatic carbocycles. The zero-order valence-corrected chi connectivity index (χ0v) is 5.73. The summed E-state index contributed by atoms with van der Waals surface area (Å²) in [7, 11) is 0. The fourth-order valence-electron chi connectivity index (χ4n) is 1.02. The Hall–Kier alpha value is -1.71. The average Bonchev–Trinajstić information content (AvgIpc) is 2.32. The number of imidazole rings is 1. The van der Waals surface area contributed by atoms with Crippen molar-refractivity contribution in [1.82, 2.24) is 9.71 Å². The summed E-state index contributed by atoms with van der Waals surface area (Å²) in [4.78, 5) is 3.91. The highest BCUT2D eigenvalue weighted by Gasteiger charge is 1.99. The molecule has 56 valence electrons. The third kappa shape index (κ3) is 0.797. The van der Waals surface area contributed by atoms with Gasteiger partial charge in [-0.3, -0.25) is 0 Å². The van der Waals surface area contributed by atoms with Crippen molar-refractivity contribution < 1.29 is 5.21 Å². The molecular formula is C7H7N3O. The fraction of sp³-hybridized carbons (Fsp3) is 0. The standard InChI is InChI=1S/C7H7N3O/c8-5-1-2-7-6(3-5)9-4-10(7)11/h1-4,11H,8H2. The van der Waals surface area contributed by atoms with E-state index in [-0.39, 0.29) is 0 Å². The Morgan fingerprint density at radius 3 is 3.09 bits per heavy atom. The van der Waals surface area contributed by atoms with Crippen LogP contribution in [0.3, 0.4) is 0 Å². The highest BCUT2D eigenvalue weighted by molar-refractivity contribution is 5.78. The van der Waals surface area contributed by atoms with E-state index in [1.165, 1.54) is 6.33 Å². The minimum atomic E-state index is 0.649. The van der Waals surface area contributed by atoms with Gasteiger partial charge >= 0.3 is 0 Å². The Kier molecular flexibility index (Phi) is 1.03. The van der Waals surface area contributed by atoms with Crippen molar-refractivity contribution in [1.29, 1.82) is 0 Å². The van der Waals surface area contributed by atoms with Crippen molar-refractivity contribution >= 4 is 16.7 Å². The molecule has 0 unspecified atom stereocenters. The number of nitrogen functional groups attached to an aromatic ring is 1. The molecule has 4 heteroatoms. The first-order chi connectivity index (χ1) is 5.27. The van der Waals surface area contributed by atoms with Gasteiger partial charge < -0.3 is 10.9 Å². The maximum Gasteiger partial charge on any atom is 0.133 e. The second kappa shape index (κ2) is 1.88. The van der Waals surface area contributed by atoms with Crippen LogP contribution in [0.15, 0.2) is 24.5 Å². The molecule has 0 aliphatic carbocycles. The van der Waals surface area contributed by atoms with Crippen molar-refractivity contribution in [3.05, 3.63) is 24.5 Å². The lowest BCUT2D eigenvalue weighted by Crippen LogP contribution is -1.87. The SMILES string of the molecule is Nc1ccc2c(c1)ncn2O. The van der Waals surface area contributed by atoms with Gasteiger partial charge in [0, 0.05) is 5.69 Å². The molecule has 0 spiro atoms. The Labute approximate surface area is 62.8 Å². The van der Waals surface area contributed by atoms with Crippen LogP contribution >= 0.6 is 0 Å². The van der Waals surface area contributed by atoms with Gasteiger partial charge in [-0.1, -0.05) is 0 Å². The number of hydrogen-bond donors (Lipinski definition) is 2. The predicted molar refractivity (Wildman–Crippen MR) is 41.3 cm³/mol. The van der Waals surface area contributed by atoms with Gasteiger partial charge in [-0.05, 0) is 18.2 Å². The van der Waals surface area contributed by atoms with Crippen LogP contribution in [-0.4, -0.2) is 14.9 Å². The highest BCUT2D eigenvalue weighted by Crippen LogP contribution is 2.13. The molecule has 0 atom stereocenters. The first-order valence-corrected chi connectivity index (χ1v) is 3.19. The third-order valence-corrected chi connectivity index (χ3v) is 1.55. The van der Waals surface area contributed by atoms with E-state index in [2.05, 4.69) is 4.98 Å². The van der Waals surface area contributed by atoms with Crippen LogP contribution in [0.5, 0.6) is 0 Å². The summed E-state index contributed by atoms with van der Waals surface area (Å²) in [5, 5.41) is 9.12. The quantitative estimate of drug-likeness (QED) is 0.431. The number of benzene rings is 1. The van der Waals surface area contributed by atoms with E-state index >= 15 is 0 Å². The van der Waals surface area contributed by atoms with E-state index in [0.29, 0.717) is 16.7 Å². The van der Waals surface area contributed by atoms with Crippen molar-refractivity contribution in [2.75, 3.05) is 5.73 Å². The first-order valence-electron chi connectivity index (χ1n) is 3.19. The molecule has 0 aliphatic heterocycles. The number of anilines is 1. The predicted octanol–water partition coefficient (Wildman–Crippen LogP) is 0.856. The zero-order valence-electron chi connectivity index (χ0n) is 5.73. The van der Waals surface area contributed by atoms with Crippen molar-refractivity contribution in [2.24, 2.45) is 0 Å². The number of aromatic nitrogens is 2. The molecule has 11 heavy (non-hydrogen) atoms. The van der Waals surface area contributed by atoms with Crippen LogP contribution < -0.4 is 5.73 Å². The minimum absolute atomic E-state index is 0.649. The van der Waals surface area contributed by atoms with E-state index < -0.39 is 0 Å². The maximum atomic E-state index is 9.12. The number of nitrogens with zero attached hydrogens (tertiary/aromatic N) is 2. The molecule has 0 bridgehead atoms. The van der Waals surface area contributed by atoms with E-state index in [4.69, 9.17) is 10.9 Å². The summed E-state index contributed by atoms with van der Waals surface area (Å²) in [6, 6.07) is 5.15. The summed E-state index contributed by atoms with van der Waals surface area (Å²) < 4.78 is 0.967. The summed E-state index contributed by atoms with van der Waals surface area (Å²) in [5.41, 5.74) is 7.52. The third-order valence-electron chi connectivity index (χ3n) is 1.55. The fourth-order valence-corrected chi connectivity index (χ4v) is 1.02. The van der Waals surface area contributed by atoms with Gasteiger partial charge in [0.1, 0.15) is 11.8 Å². The van der Waals surface area contributed by atoms with Crippen molar-refractivity contribution in [2.45, 2.75) is 0 Å². The monoisotopic (exact) mass is 149 g/mol. The van der Waals surface area contributed by atoms with Crippen molar-refractivity contribution in [3.63, 3.8) is 0 Å². The number of fused-ring (bicyclic) bond motifs is 1. The lowest BCUT2D eigenvalue weighted by molar-refractivity contribution is 0.198. The van der Waals surface area contributed by atoms with Gasteiger partial charge in [0.25, 0.3) is 0 Å². The van der Waals surface area contributed by atoms with Gasteiger partial charge in [-0.25, -0.2) is 4.98 Å². The van der Waals surface area contributed by atoms with Crippen LogP contribution in [-0.2, 0) is 0 Å². The zero-order chi connectivity index (χ0) is 7.84. The molecule has 3 N–H and O–H groups in total. The van der Waals surface area contributed by atoms with Crippen LogP contribution in [0.4, 0.5) is 5.69 Å². The van der Waals surface area contributed by atoms with Crippen LogP contribution in [0, 0.1) is 0 Å². The van der Waals surface area contributed by atoms with Crippen LogP contribution in [0.1, 0.15) is 0 Å². The van der Waals surface area contributed by atoms with Gasteiger partial charge in [-0.15, -0.1) is 0 Å². The van der Waals surface area contributed by atoms with Gasteiger partial charge in [-0.2, -0.15) is 4.73 Å². The lowest BCUT2D eigenvalue weighted by atomic mass is 10.3. The van der Waals surface area contributed by atoms with Crippen molar-refractivity contribution in [3.8, 4) is 0 Å². The number of rotatable bonds is 0. The summed E-state index contributed by atoms with van der Waals surface area (Å²) in [5.74, 6) is 0. The molecule has 0 radical (unpaired) electrons. The lowest BCUT2D eigenvalue weighted by Gasteiger charge is -1.92. The molecule has 0 saturated carbocycles. The molecule has 2 rings (SSSR count). The number of hydrogen-bond acceptors (Lipinski definition) is 3. The number of nitrogens with two attached hydrogens (primary N) is 1. The molecule has 0 saturated heterocycles. The molecule has 2 aromatic rings. The smallest absolute Gasteiger partial charge is 0.133 e. The molecular weight excluding hydrogens is 142 g/mol. The minimum Gasteiger partial charge on any atom is -0.427 e. The Morgan fingerprint density at radius 1 is 1.45 bits per heavy atom. The largest absolute Gasteiger partial charge is 0.427 e. The van der Waals surface area contributed by atoms with Gasteiger partial charge in [0.15, 0.2) is 0 Å². The highest BCUT2D eigenvalue weighted by atomic mass is 16.5. The van der Waals surface area contributed by atoms with E-state index in [1.54, 1.807) is 18.2 Å². The second-order valence-corrected chi connectivity index (χ2v) is 2.34. The average molecular weight is 149 g/mol. The molecule has 1 heterocycles. The van der Waals surface area contributed by atoms with E-state index in [9.17, 15) is 0 Å².